The van der Waals surface area contributed by atoms with Crippen molar-refractivity contribution in [3.05, 3.63) is 77.1 Å². The van der Waals surface area contributed by atoms with E-state index in [-0.39, 0.29) is 30.9 Å². The monoisotopic (exact) mass is 517 g/mol. The molecule has 3 aromatic heterocycles. The van der Waals surface area contributed by atoms with E-state index in [4.69, 9.17) is 10.5 Å². The number of ether oxygens (including phenoxy) is 1. The standard InChI is InChI=1S/C25H27N9O4/c1-38-19-10-18(33(14-19)22-11-20(26)28-15-29-22)12-27-23(35)24(36)30-17-6-4-5-16(9-17)13-34-25(37)32-8-3-2-7-21(32)31-34/h2-9,11,15,18-19H,10,12-14H2,1H3,(H,27,35)(H,30,36)(H2,26,28,29)/t18-,19-/m1/s1. The van der Waals surface area contributed by atoms with Gasteiger partial charge in [0.15, 0.2) is 5.65 Å². The fraction of sp³-hybridized carbons (Fsp3) is 0.280. The van der Waals surface area contributed by atoms with Gasteiger partial charge in [0.05, 0.1) is 18.7 Å². The zero-order valence-electron chi connectivity index (χ0n) is 20.7. The Labute approximate surface area is 217 Å². The molecule has 38 heavy (non-hydrogen) atoms. The average molecular weight is 518 g/mol. The second kappa shape index (κ2) is 10.7. The molecular weight excluding hydrogens is 490 g/mol. The lowest BCUT2D eigenvalue weighted by atomic mass is 10.2. The van der Waals surface area contributed by atoms with Crippen LogP contribution in [0.25, 0.3) is 5.65 Å². The molecule has 13 heteroatoms. The van der Waals surface area contributed by atoms with Crippen LogP contribution >= 0.6 is 0 Å². The maximum atomic E-state index is 12.6. The minimum absolute atomic E-state index is 0.0509. The minimum Gasteiger partial charge on any atom is -0.384 e. The summed E-state index contributed by atoms with van der Waals surface area (Å²) in [7, 11) is 1.63. The van der Waals surface area contributed by atoms with Crippen LogP contribution in [0.3, 0.4) is 0 Å². The Balaban J connectivity index is 1.20. The predicted octanol–water partition coefficient (Wildman–Crippen LogP) is 0.265. The smallest absolute Gasteiger partial charge is 0.350 e. The highest BCUT2D eigenvalue weighted by Crippen LogP contribution is 2.25. The first kappa shape index (κ1) is 24.9. The Morgan fingerprint density at radius 2 is 2.00 bits per heavy atom. The molecule has 0 radical (unpaired) electrons. The third-order valence-corrected chi connectivity index (χ3v) is 6.39. The first-order valence-electron chi connectivity index (χ1n) is 12.0. The van der Waals surface area contributed by atoms with Crippen molar-refractivity contribution in [3.63, 3.8) is 0 Å². The number of nitrogen functional groups attached to an aromatic ring is 1. The van der Waals surface area contributed by atoms with Crippen LogP contribution in [-0.4, -0.2) is 68.3 Å². The molecule has 0 bridgehead atoms. The van der Waals surface area contributed by atoms with Gasteiger partial charge in [-0.25, -0.2) is 19.4 Å². The van der Waals surface area contributed by atoms with Crippen LogP contribution in [0.5, 0.6) is 0 Å². The van der Waals surface area contributed by atoms with Crippen molar-refractivity contribution in [3.8, 4) is 0 Å². The molecular formula is C25H27N9O4. The van der Waals surface area contributed by atoms with Crippen molar-refractivity contribution in [2.24, 2.45) is 0 Å². The number of carbonyl (C=O) groups is 2. The number of rotatable bonds is 7. The predicted molar refractivity (Wildman–Crippen MR) is 140 cm³/mol. The number of benzene rings is 1. The lowest BCUT2D eigenvalue weighted by Gasteiger charge is -2.25. The summed E-state index contributed by atoms with van der Waals surface area (Å²) in [5.74, 6) is -0.602. The van der Waals surface area contributed by atoms with Crippen LogP contribution in [0.2, 0.25) is 0 Å². The zero-order chi connectivity index (χ0) is 26.6. The molecule has 4 N–H and O–H groups in total. The SMILES string of the molecule is CO[C@@H]1C[C@H](CNC(=O)C(=O)Nc2cccc(Cn3nc4ccccn4c3=O)c2)N(c2cc(N)ncn2)C1. The Hall–Kier alpha value is -4.78. The molecule has 0 aliphatic carbocycles. The summed E-state index contributed by atoms with van der Waals surface area (Å²) in [6, 6.07) is 13.7. The van der Waals surface area contributed by atoms with Crippen LogP contribution in [0, 0.1) is 0 Å². The number of nitrogens with zero attached hydrogens (tertiary/aromatic N) is 6. The summed E-state index contributed by atoms with van der Waals surface area (Å²) in [6.45, 7) is 0.997. The molecule has 13 nitrogen and oxygen atoms in total. The largest absolute Gasteiger partial charge is 0.384 e. The number of nitrogens with two attached hydrogens (primary N) is 1. The molecule has 1 fully saturated rings. The number of fused-ring (bicyclic) bond motifs is 1. The Morgan fingerprint density at radius 1 is 1.13 bits per heavy atom. The number of aromatic nitrogens is 5. The summed E-state index contributed by atoms with van der Waals surface area (Å²) in [4.78, 5) is 47.9. The Morgan fingerprint density at radius 3 is 2.79 bits per heavy atom. The topological polar surface area (TPSA) is 162 Å². The second-order valence-electron chi connectivity index (χ2n) is 8.93. The number of hydrogen-bond acceptors (Lipinski definition) is 9. The third kappa shape index (κ3) is 5.32. The van der Waals surface area contributed by atoms with Crippen LogP contribution in [0.4, 0.5) is 17.3 Å². The number of carbonyl (C=O) groups excluding carboxylic acids is 2. The van der Waals surface area contributed by atoms with Crippen molar-refractivity contribution in [2.75, 3.05) is 36.1 Å². The highest BCUT2D eigenvalue weighted by Gasteiger charge is 2.33. The number of pyridine rings is 1. The van der Waals surface area contributed by atoms with E-state index in [9.17, 15) is 14.4 Å². The van der Waals surface area contributed by atoms with Gasteiger partial charge < -0.3 is 26.0 Å². The minimum atomic E-state index is -0.800. The molecule has 5 rings (SSSR count). The molecule has 4 heterocycles. The third-order valence-electron chi connectivity index (χ3n) is 6.39. The maximum absolute atomic E-state index is 12.6. The van der Waals surface area contributed by atoms with Gasteiger partial charge in [0.2, 0.25) is 0 Å². The summed E-state index contributed by atoms with van der Waals surface area (Å²) < 4.78 is 8.30. The summed E-state index contributed by atoms with van der Waals surface area (Å²) in [6.07, 6.45) is 3.63. The van der Waals surface area contributed by atoms with E-state index in [0.717, 1.165) is 5.56 Å². The van der Waals surface area contributed by atoms with E-state index in [0.29, 0.717) is 35.9 Å². The van der Waals surface area contributed by atoms with E-state index >= 15 is 0 Å². The molecule has 2 atom stereocenters. The van der Waals surface area contributed by atoms with Gasteiger partial charge >= 0.3 is 17.5 Å². The van der Waals surface area contributed by atoms with Gasteiger partial charge in [-0.1, -0.05) is 18.2 Å². The summed E-state index contributed by atoms with van der Waals surface area (Å²) in [5, 5.41) is 9.64. The molecule has 1 aliphatic heterocycles. The Bertz CT molecular complexity index is 1530. The fourth-order valence-electron chi connectivity index (χ4n) is 4.51. The average Bonchev–Trinajstić information content (AvgIpc) is 3.48. The lowest BCUT2D eigenvalue weighted by molar-refractivity contribution is -0.136. The maximum Gasteiger partial charge on any atom is 0.350 e. The number of hydrogen-bond donors (Lipinski definition) is 3. The van der Waals surface area contributed by atoms with Gasteiger partial charge in [0.1, 0.15) is 18.0 Å². The number of amides is 2. The van der Waals surface area contributed by atoms with Crippen molar-refractivity contribution in [1.29, 1.82) is 0 Å². The highest BCUT2D eigenvalue weighted by molar-refractivity contribution is 6.39. The van der Waals surface area contributed by atoms with E-state index in [1.54, 1.807) is 55.8 Å². The molecule has 0 saturated carbocycles. The van der Waals surface area contributed by atoms with E-state index in [1.165, 1.54) is 15.4 Å². The van der Waals surface area contributed by atoms with Gasteiger partial charge in [0, 0.05) is 38.1 Å². The quantitative estimate of drug-likeness (QED) is 0.292. The molecule has 1 saturated heterocycles. The van der Waals surface area contributed by atoms with Crippen molar-refractivity contribution < 1.29 is 14.3 Å². The number of methoxy groups -OCH3 is 1. The van der Waals surface area contributed by atoms with Crippen molar-refractivity contribution >= 4 is 34.8 Å². The molecule has 1 aromatic carbocycles. The zero-order valence-corrected chi connectivity index (χ0v) is 20.7. The van der Waals surface area contributed by atoms with E-state index in [1.807, 2.05) is 11.0 Å². The van der Waals surface area contributed by atoms with Gasteiger partial charge in [0.25, 0.3) is 0 Å². The molecule has 0 unspecified atom stereocenters. The summed E-state index contributed by atoms with van der Waals surface area (Å²) >= 11 is 0. The van der Waals surface area contributed by atoms with Crippen LogP contribution in [0.15, 0.2) is 65.8 Å². The molecule has 0 spiro atoms. The number of anilines is 3. The summed E-state index contributed by atoms with van der Waals surface area (Å²) in [5.41, 5.74) is 7.24. The molecule has 1 aliphatic rings. The fourth-order valence-corrected chi connectivity index (χ4v) is 4.51. The molecule has 4 aromatic rings. The van der Waals surface area contributed by atoms with E-state index in [2.05, 4.69) is 25.7 Å². The Kier molecular flexibility index (Phi) is 7.00. The highest BCUT2D eigenvalue weighted by atomic mass is 16.5. The lowest BCUT2D eigenvalue weighted by Crippen LogP contribution is -2.44. The van der Waals surface area contributed by atoms with Gasteiger partial charge in [-0.3, -0.25) is 14.0 Å². The second-order valence-corrected chi connectivity index (χ2v) is 8.93. The van der Waals surface area contributed by atoms with Gasteiger partial charge in [-0.2, -0.15) is 0 Å². The first-order chi connectivity index (χ1) is 18.4. The van der Waals surface area contributed by atoms with Crippen molar-refractivity contribution in [2.45, 2.75) is 25.1 Å². The number of nitrogens with one attached hydrogen (secondary N) is 2. The van der Waals surface area contributed by atoms with Gasteiger partial charge in [-0.15, -0.1) is 5.10 Å². The molecule has 2 amide bonds. The van der Waals surface area contributed by atoms with Crippen LogP contribution in [-0.2, 0) is 20.9 Å². The molecule has 196 valence electrons. The normalized spacial score (nSPS) is 17.0. The van der Waals surface area contributed by atoms with E-state index < -0.39 is 11.8 Å². The van der Waals surface area contributed by atoms with Crippen LogP contribution < -0.4 is 27.0 Å². The van der Waals surface area contributed by atoms with Crippen molar-refractivity contribution in [1.82, 2.24) is 29.5 Å². The van der Waals surface area contributed by atoms with Gasteiger partial charge in [-0.05, 0) is 36.2 Å². The first-order valence-corrected chi connectivity index (χ1v) is 12.0. The van der Waals surface area contributed by atoms with Crippen LogP contribution in [0.1, 0.15) is 12.0 Å².